The lowest BCUT2D eigenvalue weighted by Crippen LogP contribution is -2.55. The predicted molar refractivity (Wildman–Crippen MR) is 141 cm³/mol. The first kappa shape index (κ1) is 23.3. The van der Waals surface area contributed by atoms with Crippen molar-refractivity contribution in [2.24, 2.45) is 18.7 Å². The third-order valence-corrected chi connectivity index (χ3v) is 7.55. The van der Waals surface area contributed by atoms with Gasteiger partial charge in [0.2, 0.25) is 17.8 Å². The smallest absolute Gasteiger partial charge is 0.276 e. The summed E-state index contributed by atoms with van der Waals surface area (Å²) in [6.07, 6.45) is 3.87. The van der Waals surface area contributed by atoms with Crippen LogP contribution in [0.2, 0.25) is 0 Å². The summed E-state index contributed by atoms with van der Waals surface area (Å²) >= 11 is 0. The van der Waals surface area contributed by atoms with Gasteiger partial charge in [-0.05, 0) is 29.7 Å². The fourth-order valence-corrected chi connectivity index (χ4v) is 5.49. The van der Waals surface area contributed by atoms with Crippen LogP contribution in [0.4, 0.5) is 5.95 Å². The number of carbonyl (C=O) groups is 2. The number of nitrogens with one attached hydrogen (secondary N) is 1. The van der Waals surface area contributed by atoms with E-state index in [1.54, 1.807) is 10.6 Å². The number of amides is 2. The van der Waals surface area contributed by atoms with Crippen molar-refractivity contribution in [2.75, 3.05) is 50.7 Å². The number of likely N-dealkylation sites (tertiary alicyclic amines) is 1. The van der Waals surface area contributed by atoms with E-state index >= 15 is 0 Å². The number of primary amides is 1. The number of piperazine rings is 1. The molecular weight excluding hydrogens is 472 g/mol. The number of aromatic amines is 1. The minimum absolute atomic E-state index is 0.135. The lowest BCUT2D eigenvalue weighted by molar-refractivity contribution is -0.134. The Balaban J connectivity index is 1.00. The number of rotatable bonds is 6. The summed E-state index contributed by atoms with van der Waals surface area (Å²) in [6.45, 7) is 5.44. The van der Waals surface area contributed by atoms with Crippen LogP contribution in [0.25, 0.3) is 21.9 Å². The average Bonchev–Trinajstić information content (AvgIpc) is 3.45. The molecule has 2 aliphatic rings. The van der Waals surface area contributed by atoms with E-state index in [0.29, 0.717) is 61.2 Å². The molecule has 2 saturated heterocycles. The number of aromatic nitrogens is 4. The van der Waals surface area contributed by atoms with Crippen molar-refractivity contribution in [1.29, 1.82) is 0 Å². The highest BCUT2D eigenvalue weighted by Gasteiger charge is 2.31. The molecule has 0 saturated carbocycles. The Labute approximate surface area is 213 Å². The highest BCUT2D eigenvalue weighted by molar-refractivity contribution is 5.97. The summed E-state index contributed by atoms with van der Waals surface area (Å²) in [6, 6.07) is 9.41. The van der Waals surface area contributed by atoms with Crippen molar-refractivity contribution in [2.45, 2.75) is 6.54 Å². The van der Waals surface area contributed by atoms with Crippen LogP contribution in [-0.2, 0) is 18.4 Å². The predicted octanol–water partition coefficient (Wildman–Crippen LogP) is 0.596. The van der Waals surface area contributed by atoms with Crippen molar-refractivity contribution in [3.8, 4) is 0 Å². The summed E-state index contributed by atoms with van der Waals surface area (Å²) in [7, 11) is 1.83. The van der Waals surface area contributed by atoms with E-state index < -0.39 is 5.91 Å². The number of nitrogens with zero attached hydrogens (tertiary/aromatic N) is 6. The molecule has 192 valence electrons. The maximum absolute atomic E-state index is 12.9. The topological polar surface area (TPSA) is 125 Å². The Morgan fingerprint density at radius 2 is 1.86 bits per heavy atom. The molecule has 0 radical (unpaired) electrons. The van der Waals surface area contributed by atoms with Gasteiger partial charge in [0.05, 0.1) is 12.1 Å². The number of fused-ring (bicyclic) bond motifs is 2. The van der Waals surface area contributed by atoms with Gasteiger partial charge in [-0.25, -0.2) is 4.98 Å². The summed E-state index contributed by atoms with van der Waals surface area (Å²) in [5.74, 6) is 0.719. The van der Waals surface area contributed by atoms with E-state index in [2.05, 4.69) is 19.4 Å². The molecule has 2 fully saturated rings. The monoisotopic (exact) mass is 502 g/mol. The molecule has 11 nitrogen and oxygen atoms in total. The molecule has 1 aromatic carbocycles. The van der Waals surface area contributed by atoms with Crippen molar-refractivity contribution in [1.82, 2.24) is 28.9 Å². The number of anilines is 1. The maximum Gasteiger partial charge on any atom is 0.276 e. The second kappa shape index (κ2) is 9.07. The first-order valence-electron chi connectivity index (χ1n) is 12.5. The SMILES string of the molecule is Cn1ccc2nc(N3CCN(C(=O)CN4CC(Cn5ccc6ccc(C(N)=O)cc65)C4)CC3)[nH]c(=O)c21. The first-order valence-corrected chi connectivity index (χ1v) is 12.5. The van der Waals surface area contributed by atoms with Crippen LogP contribution < -0.4 is 16.2 Å². The molecular formula is C26H30N8O3. The van der Waals surface area contributed by atoms with Crippen LogP contribution in [-0.4, -0.2) is 86.5 Å². The van der Waals surface area contributed by atoms with Crippen molar-refractivity contribution in [3.05, 3.63) is 58.6 Å². The number of benzene rings is 1. The zero-order chi connectivity index (χ0) is 25.7. The normalized spacial score (nSPS) is 17.0. The Morgan fingerprint density at radius 3 is 2.62 bits per heavy atom. The maximum atomic E-state index is 12.9. The van der Waals surface area contributed by atoms with Gasteiger partial charge in [0.25, 0.3) is 5.56 Å². The lowest BCUT2D eigenvalue weighted by Gasteiger charge is -2.41. The van der Waals surface area contributed by atoms with Gasteiger partial charge in [-0.1, -0.05) is 6.07 Å². The zero-order valence-corrected chi connectivity index (χ0v) is 20.8. The minimum atomic E-state index is -0.425. The molecule has 0 unspecified atom stereocenters. The van der Waals surface area contributed by atoms with Crippen LogP contribution in [0.5, 0.6) is 0 Å². The minimum Gasteiger partial charge on any atom is -0.366 e. The van der Waals surface area contributed by atoms with Gasteiger partial charge in [-0.15, -0.1) is 0 Å². The Bertz CT molecular complexity index is 1550. The van der Waals surface area contributed by atoms with Gasteiger partial charge in [-0.2, -0.15) is 0 Å². The van der Waals surface area contributed by atoms with E-state index in [0.717, 1.165) is 30.5 Å². The fraction of sp³-hybridized carbons (Fsp3) is 0.385. The summed E-state index contributed by atoms with van der Waals surface area (Å²) in [5, 5.41) is 1.08. The number of hydrogen-bond acceptors (Lipinski definition) is 6. The fourth-order valence-electron chi connectivity index (χ4n) is 5.49. The molecule has 0 bridgehead atoms. The van der Waals surface area contributed by atoms with E-state index in [4.69, 9.17) is 5.73 Å². The van der Waals surface area contributed by atoms with Gasteiger partial charge in [-0.3, -0.25) is 24.3 Å². The van der Waals surface area contributed by atoms with Crippen LogP contribution in [0.1, 0.15) is 10.4 Å². The van der Waals surface area contributed by atoms with E-state index in [1.807, 2.05) is 53.5 Å². The molecule has 11 heteroatoms. The van der Waals surface area contributed by atoms with Gasteiger partial charge in [0.15, 0.2) is 0 Å². The molecule has 0 atom stereocenters. The molecule has 3 N–H and O–H groups in total. The number of aryl methyl sites for hydroxylation is 1. The van der Waals surface area contributed by atoms with Crippen LogP contribution in [0, 0.1) is 5.92 Å². The molecule has 2 amide bonds. The lowest BCUT2D eigenvalue weighted by atomic mass is 10.00. The molecule has 37 heavy (non-hydrogen) atoms. The molecule has 0 spiro atoms. The highest BCUT2D eigenvalue weighted by Crippen LogP contribution is 2.23. The van der Waals surface area contributed by atoms with E-state index in [9.17, 15) is 14.4 Å². The Morgan fingerprint density at radius 1 is 1.08 bits per heavy atom. The summed E-state index contributed by atoms with van der Waals surface area (Å²) in [5.41, 5.74) is 8.04. The molecule has 6 rings (SSSR count). The van der Waals surface area contributed by atoms with Gasteiger partial charge >= 0.3 is 0 Å². The molecule has 4 aromatic rings. The number of carbonyl (C=O) groups excluding carboxylic acids is 2. The van der Waals surface area contributed by atoms with Gasteiger partial charge < -0.3 is 24.7 Å². The van der Waals surface area contributed by atoms with Gasteiger partial charge in [0.1, 0.15) is 5.52 Å². The Hall–Kier alpha value is -4.12. The van der Waals surface area contributed by atoms with E-state index in [-0.39, 0.29) is 11.5 Å². The van der Waals surface area contributed by atoms with Crippen LogP contribution in [0.3, 0.4) is 0 Å². The average molecular weight is 503 g/mol. The second-order valence-corrected chi connectivity index (χ2v) is 10.1. The molecule has 3 aromatic heterocycles. The van der Waals surface area contributed by atoms with E-state index in [1.165, 1.54) is 0 Å². The van der Waals surface area contributed by atoms with Gasteiger partial charge in [0, 0.05) is 82.3 Å². The highest BCUT2D eigenvalue weighted by atomic mass is 16.2. The molecule has 2 aliphatic heterocycles. The van der Waals surface area contributed by atoms with Crippen molar-refractivity contribution < 1.29 is 9.59 Å². The van der Waals surface area contributed by atoms with Crippen molar-refractivity contribution in [3.63, 3.8) is 0 Å². The first-order chi connectivity index (χ1) is 17.9. The van der Waals surface area contributed by atoms with Crippen LogP contribution >= 0.6 is 0 Å². The Kier molecular flexibility index (Phi) is 5.71. The molecule has 5 heterocycles. The van der Waals surface area contributed by atoms with Crippen LogP contribution in [0.15, 0.2) is 47.5 Å². The second-order valence-electron chi connectivity index (χ2n) is 10.1. The zero-order valence-electron chi connectivity index (χ0n) is 20.8. The number of hydrogen-bond donors (Lipinski definition) is 2. The summed E-state index contributed by atoms with van der Waals surface area (Å²) < 4.78 is 3.93. The molecule has 0 aliphatic carbocycles. The quantitative estimate of drug-likeness (QED) is 0.398. The standard InChI is InChI=1S/C26H30N8O3/c1-30-6-5-20-23(30)25(37)29-26(28-20)33-10-8-32(9-11-33)22(35)16-31-13-17(14-31)15-34-7-4-18-2-3-19(24(27)36)12-21(18)34/h2-7,12,17H,8-11,13-16H2,1H3,(H2,27,36)(H,28,29,37). The third kappa shape index (κ3) is 4.35. The number of H-pyrrole nitrogens is 1. The largest absolute Gasteiger partial charge is 0.366 e. The third-order valence-electron chi connectivity index (χ3n) is 7.55. The van der Waals surface area contributed by atoms with Crippen molar-refractivity contribution >= 4 is 39.7 Å². The number of nitrogens with two attached hydrogens (primary N) is 1. The summed E-state index contributed by atoms with van der Waals surface area (Å²) in [4.78, 5) is 50.5.